The summed E-state index contributed by atoms with van der Waals surface area (Å²) in [5, 5.41) is 2.75. The third-order valence-electron chi connectivity index (χ3n) is 1.67. The molecule has 0 spiro atoms. The van der Waals surface area contributed by atoms with Gasteiger partial charge in [0.1, 0.15) is 11.6 Å². The van der Waals surface area contributed by atoms with Crippen molar-refractivity contribution in [1.29, 1.82) is 0 Å². The van der Waals surface area contributed by atoms with Crippen molar-refractivity contribution in [2.45, 2.75) is 39.3 Å². The highest BCUT2D eigenvalue weighted by atomic mass is 32.1. The summed E-state index contributed by atoms with van der Waals surface area (Å²) in [4.78, 5) is 22.8. The maximum atomic E-state index is 11.4. The van der Waals surface area contributed by atoms with Gasteiger partial charge >= 0.3 is 11.9 Å². The van der Waals surface area contributed by atoms with E-state index >= 15 is 0 Å². The molecule has 0 saturated heterocycles. The van der Waals surface area contributed by atoms with E-state index in [2.05, 4.69) is 17.9 Å². The van der Waals surface area contributed by atoms with Crippen LogP contribution in [0.2, 0.25) is 0 Å². The molecular formula is C11H21NO4S. The molecule has 0 fully saturated rings. The Hall–Kier alpha value is -0.750. The van der Waals surface area contributed by atoms with Gasteiger partial charge in [0.25, 0.3) is 0 Å². The van der Waals surface area contributed by atoms with Gasteiger partial charge in [-0.3, -0.25) is 14.9 Å². The predicted octanol–water partition coefficient (Wildman–Crippen LogP) is 0.779. The van der Waals surface area contributed by atoms with Gasteiger partial charge < -0.3 is 9.47 Å². The molecule has 0 aromatic carbocycles. The molecular weight excluding hydrogens is 242 g/mol. The van der Waals surface area contributed by atoms with Crippen molar-refractivity contribution < 1.29 is 19.1 Å². The summed E-state index contributed by atoms with van der Waals surface area (Å²) < 4.78 is 9.92. The first kappa shape index (κ1) is 16.2. The summed E-state index contributed by atoms with van der Waals surface area (Å²) in [6.07, 6.45) is 0. The Morgan fingerprint density at radius 1 is 1.35 bits per heavy atom. The largest absolute Gasteiger partial charge is 0.465 e. The Balaban J connectivity index is 4.07. The van der Waals surface area contributed by atoms with Crippen LogP contribution in [-0.4, -0.2) is 42.5 Å². The summed E-state index contributed by atoms with van der Waals surface area (Å²) in [5.41, 5.74) is -0.529. The minimum atomic E-state index is -0.592. The van der Waals surface area contributed by atoms with Gasteiger partial charge in [-0.15, -0.1) is 0 Å². The van der Waals surface area contributed by atoms with Crippen LogP contribution in [0.4, 0.5) is 0 Å². The predicted molar refractivity (Wildman–Crippen MR) is 68.1 cm³/mol. The molecule has 0 amide bonds. The lowest BCUT2D eigenvalue weighted by molar-refractivity contribution is -0.154. The maximum Gasteiger partial charge on any atom is 0.323 e. The van der Waals surface area contributed by atoms with Crippen LogP contribution in [0, 0.1) is 0 Å². The van der Waals surface area contributed by atoms with E-state index < -0.39 is 23.6 Å². The Bertz CT molecular complexity index is 263. The summed E-state index contributed by atoms with van der Waals surface area (Å²) in [7, 11) is 0. The van der Waals surface area contributed by atoms with Crippen molar-refractivity contribution in [1.82, 2.24) is 5.32 Å². The highest BCUT2D eigenvalue weighted by Gasteiger charge is 2.21. The first-order valence-electron chi connectivity index (χ1n) is 5.53. The average Bonchev–Trinajstić information content (AvgIpc) is 2.16. The lowest BCUT2D eigenvalue weighted by atomic mass is 10.2. The van der Waals surface area contributed by atoms with Crippen LogP contribution in [0.1, 0.15) is 27.7 Å². The van der Waals surface area contributed by atoms with Gasteiger partial charge in [0.05, 0.1) is 13.2 Å². The van der Waals surface area contributed by atoms with Crippen LogP contribution < -0.4 is 5.32 Å². The van der Waals surface area contributed by atoms with E-state index in [9.17, 15) is 9.59 Å². The van der Waals surface area contributed by atoms with Gasteiger partial charge in [0.15, 0.2) is 0 Å². The fraction of sp³-hybridized carbons (Fsp3) is 0.818. The van der Waals surface area contributed by atoms with Crippen LogP contribution in [0.3, 0.4) is 0 Å². The molecule has 5 nitrogen and oxygen atoms in total. The SMILES string of the molecule is CCOC(=O)C(CS)NCC(=O)OC(C)(C)C. The Labute approximate surface area is 108 Å². The second-order valence-electron chi connectivity index (χ2n) is 4.45. The van der Waals surface area contributed by atoms with E-state index in [1.54, 1.807) is 27.7 Å². The van der Waals surface area contributed by atoms with Gasteiger partial charge in [-0.1, -0.05) is 0 Å². The number of carbonyl (C=O) groups is 2. The summed E-state index contributed by atoms with van der Waals surface area (Å²) in [6, 6.07) is -0.592. The lowest BCUT2D eigenvalue weighted by Gasteiger charge is -2.20. The Morgan fingerprint density at radius 2 is 1.94 bits per heavy atom. The highest BCUT2D eigenvalue weighted by molar-refractivity contribution is 7.80. The molecule has 0 aliphatic heterocycles. The Morgan fingerprint density at radius 3 is 2.35 bits per heavy atom. The van der Waals surface area contributed by atoms with Crippen molar-refractivity contribution in [2.75, 3.05) is 18.9 Å². The third-order valence-corrected chi connectivity index (χ3v) is 2.03. The molecule has 1 unspecified atom stereocenters. The minimum Gasteiger partial charge on any atom is -0.465 e. The number of rotatable bonds is 6. The number of esters is 2. The molecule has 0 saturated carbocycles. The second-order valence-corrected chi connectivity index (χ2v) is 4.82. The number of ether oxygens (including phenoxy) is 2. The monoisotopic (exact) mass is 263 g/mol. The summed E-state index contributed by atoms with van der Waals surface area (Å²) in [6.45, 7) is 7.34. The molecule has 17 heavy (non-hydrogen) atoms. The lowest BCUT2D eigenvalue weighted by Crippen LogP contribution is -2.43. The molecule has 6 heteroatoms. The van der Waals surface area contributed by atoms with Gasteiger partial charge in [-0.25, -0.2) is 0 Å². The smallest absolute Gasteiger partial charge is 0.323 e. The van der Waals surface area contributed by atoms with Crippen LogP contribution >= 0.6 is 12.6 Å². The van der Waals surface area contributed by atoms with E-state index in [1.807, 2.05) is 0 Å². The number of thiol groups is 1. The summed E-state index contributed by atoms with van der Waals surface area (Å²) in [5.74, 6) is -0.554. The number of carbonyl (C=O) groups excluding carboxylic acids is 2. The molecule has 1 atom stereocenters. The second kappa shape index (κ2) is 7.55. The Kier molecular flexibility index (Phi) is 7.22. The van der Waals surface area contributed by atoms with Crippen molar-refractivity contribution >= 4 is 24.6 Å². The topological polar surface area (TPSA) is 64.6 Å². The van der Waals surface area contributed by atoms with Gasteiger partial charge in [-0.05, 0) is 27.7 Å². The zero-order valence-corrected chi connectivity index (χ0v) is 11.7. The third kappa shape index (κ3) is 8.04. The molecule has 0 bridgehead atoms. The van der Waals surface area contributed by atoms with Crippen molar-refractivity contribution in [3.63, 3.8) is 0 Å². The van der Waals surface area contributed by atoms with E-state index in [4.69, 9.17) is 9.47 Å². The van der Waals surface area contributed by atoms with Crippen LogP contribution in [0.25, 0.3) is 0 Å². The van der Waals surface area contributed by atoms with Crippen molar-refractivity contribution in [3.8, 4) is 0 Å². The standard InChI is InChI=1S/C11H21NO4S/c1-5-15-10(14)8(7-17)12-6-9(13)16-11(2,3)4/h8,12,17H,5-7H2,1-4H3. The van der Waals surface area contributed by atoms with E-state index in [0.717, 1.165) is 0 Å². The molecule has 0 radical (unpaired) electrons. The van der Waals surface area contributed by atoms with Gasteiger partial charge in [-0.2, -0.15) is 12.6 Å². The molecule has 0 aromatic rings. The first-order chi connectivity index (χ1) is 7.80. The zero-order valence-electron chi connectivity index (χ0n) is 10.8. The fourth-order valence-electron chi connectivity index (χ4n) is 1.05. The van der Waals surface area contributed by atoms with Crippen molar-refractivity contribution in [3.05, 3.63) is 0 Å². The minimum absolute atomic E-state index is 0.0404. The van der Waals surface area contributed by atoms with Crippen LogP contribution in [0.15, 0.2) is 0 Å². The maximum absolute atomic E-state index is 11.4. The number of nitrogens with one attached hydrogen (secondary N) is 1. The highest BCUT2D eigenvalue weighted by Crippen LogP contribution is 2.06. The average molecular weight is 263 g/mol. The van der Waals surface area contributed by atoms with E-state index in [0.29, 0.717) is 6.61 Å². The normalized spacial score (nSPS) is 13.0. The van der Waals surface area contributed by atoms with E-state index in [-0.39, 0.29) is 12.3 Å². The zero-order chi connectivity index (χ0) is 13.5. The molecule has 100 valence electrons. The number of hydrogen-bond acceptors (Lipinski definition) is 6. The van der Waals surface area contributed by atoms with E-state index in [1.165, 1.54) is 0 Å². The number of hydrogen-bond donors (Lipinski definition) is 2. The summed E-state index contributed by atoms with van der Waals surface area (Å²) >= 11 is 4.02. The molecule has 0 rings (SSSR count). The first-order valence-corrected chi connectivity index (χ1v) is 6.16. The molecule has 0 heterocycles. The molecule has 1 N–H and O–H groups in total. The molecule has 0 aliphatic rings. The quantitative estimate of drug-likeness (QED) is 0.547. The van der Waals surface area contributed by atoms with Crippen LogP contribution in [-0.2, 0) is 19.1 Å². The molecule has 0 aliphatic carbocycles. The van der Waals surface area contributed by atoms with Crippen LogP contribution in [0.5, 0.6) is 0 Å². The van der Waals surface area contributed by atoms with Gasteiger partial charge in [0.2, 0.25) is 0 Å². The fourth-order valence-corrected chi connectivity index (χ4v) is 1.33. The molecule has 0 aromatic heterocycles. The van der Waals surface area contributed by atoms with Gasteiger partial charge in [0, 0.05) is 5.75 Å². The van der Waals surface area contributed by atoms with Crippen molar-refractivity contribution in [2.24, 2.45) is 0 Å².